The van der Waals surface area contributed by atoms with E-state index in [1.54, 1.807) is 7.11 Å². The molecule has 24 heavy (non-hydrogen) atoms. The minimum absolute atomic E-state index is 0.0355. The van der Waals surface area contributed by atoms with Crippen molar-refractivity contribution < 1.29 is 14.3 Å². The number of rotatable bonds is 9. The van der Waals surface area contributed by atoms with Gasteiger partial charge in [0.05, 0.1) is 20.3 Å². The molecule has 128 valence electrons. The Labute approximate surface area is 143 Å². The molecule has 0 fully saturated rings. The van der Waals surface area contributed by atoms with Crippen LogP contribution in [0, 0.1) is 0 Å². The molecule has 0 aromatic heterocycles. The van der Waals surface area contributed by atoms with E-state index in [9.17, 15) is 4.79 Å². The summed E-state index contributed by atoms with van der Waals surface area (Å²) in [4.78, 5) is 14.0. The van der Waals surface area contributed by atoms with Crippen LogP contribution in [0.25, 0.3) is 0 Å². The first-order valence-corrected chi connectivity index (χ1v) is 7.97. The minimum Gasteiger partial charge on any atom is -0.497 e. The summed E-state index contributed by atoms with van der Waals surface area (Å²) in [6, 6.07) is 17.0. The highest BCUT2D eigenvalue weighted by molar-refractivity contribution is 5.92. The number of amides is 1. The molecular weight excluding hydrogens is 304 g/mol. The molecule has 1 N–H and O–H groups in total. The Balaban J connectivity index is 1.64. The number of anilines is 1. The lowest BCUT2D eigenvalue weighted by atomic mass is 10.3. The number of nitrogens with one attached hydrogen (secondary N) is 1. The average molecular weight is 328 g/mol. The summed E-state index contributed by atoms with van der Waals surface area (Å²) in [5.74, 6) is 1.60. The van der Waals surface area contributed by atoms with E-state index in [2.05, 4.69) is 5.32 Å². The minimum atomic E-state index is -0.0355. The van der Waals surface area contributed by atoms with E-state index >= 15 is 0 Å². The van der Waals surface area contributed by atoms with Crippen molar-refractivity contribution in [3.63, 3.8) is 0 Å². The molecule has 5 nitrogen and oxygen atoms in total. The molecule has 0 unspecified atom stereocenters. The molecule has 0 saturated carbocycles. The van der Waals surface area contributed by atoms with E-state index in [-0.39, 0.29) is 5.91 Å². The number of hydrogen-bond donors (Lipinski definition) is 1. The predicted molar refractivity (Wildman–Crippen MR) is 95.7 cm³/mol. The molecule has 0 radical (unpaired) electrons. The molecule has 0 atom stereocenters. The molecule has 0 saturated heterocycles. The Hall–Kier alpha value is -2.53. The number of carbonyl (C=O) groups is 1. The van der Waals surface area contributed by atoms with Crippen molar-refractivity contribution >= 4 is 11.6 Å². The van der Waals surface area contributed by atoms with Crippen molar-refractivity contribution in [1.82, 2.24) is 4.90 Å². The lowest BCUT2D eigenvalue weighted by molar-refractivity contribution is -0.117. The van der Waals surface area contributed by atoms with Crippen LogP contribution in [-0.2, 0) is 4.79 Å². The summed E-state index contributed by atoms with van der Waals surface area (Å²) in [6.07, 6.45) is 0.862. The van der Waals surface area contributed by atoms with E-state index in [0.29, 0.717) is 13.2 Å². The first kappa shape index (κ1) is 17.8. The summed E-state index contributed by atoms with van der Waals surface area (Å²) in [7, 11) is 3.54. The quantitative estimate of drug-likeness (QED) is 0.719. The molecule has 0 spiro atoms. The Morgan fingerprint density at radius 3 is 2.42 bits per heavy atom. The second kappa shape index (κ2) is 9.57. The second-order valence-corrected chi connectivity index (χ2v) is 5.53. The van der Waals surface area contributed by atoms with Crippen LogP contribution in [0.1, 0.15) is 6.42 Å². The zero-order valence-corrected chi connectivity index (χ0v) is 14.2. The standard InChI is InChI=1S/C19H24N2O3/c1-21(13-6-14-24-18-7-4-3-5-8-18)15-19(22)20-16-9-11-17(23-2)12-10-16/h3-5,7-12H,6,13-15H2,1-2H3,(H,20,22). The van der Waals surface area contributed by atoms with E-state index in [0.717, 1.165) is 30.2 Å². The molecule has 0 aliphatic carbocycles. The predicted octanol–water partition coefficient (Wildman–Crippen LogP) is 3.03. The fraction of sp³-hybridized carbons (Fsp3) is 0.316. The Morgan fingerprint density at radius 1 is 1.04 bits per heavy atom. The lowest BCUT2D eigenvalue weighted by Gasteiger charge is -2.16. The van der Waals surface area contributed by atoms with Gasteiger partial charge in [-0.3, -0.25) is 9.69 Å². The van der Waals surface area contributed by atoms with Crippen LogP contribution in [0.4, 0.5) is 5.69 Å². The molecular formula is C19H24N2O3. The summed E-state index contributed by atoms with van der Waals surface area (Å²) in [5, 5.41) is 2.87. The second-order valence-electron chi connectivity index (χ2n) is 5.53. The van der Waals surface area contributed by atoms with Gasteiger partial charge in [0.15, 0.2) is 0 Å². The maximum atomic E-state index is 12.0. The van der Waals surface area contributed by atoms with Crippen molar-refractivity contribution in [3.05, 3.63) is 54.6 Å². The van der Waals surface area contributed by atoms with E-state index in [4.69, 9.17) is 9.47 Å². The van der Waals surface area contributed by atoms with Gasteiger partial charge >= 0.3 is 0 Å². The molecule has 5 heteroatoms. The van der Waals surface area contributed by atoms with Gasteiger partial charge in [-0.1, -0.05) is 18.2 Å². The lowest BCUT2D eigenvalue weighted by Crippen LogP contribution is -2.31. The SMILES string of the molecule is COc1ccc(NC(=O)CN(C)CCCOc2ccccc2)cc1. The van der Waals surface area contributed by atoms with Gasteiger partial charge in [0.1, 0.15) is 11.5 Å². The van der Waals surface area contributed by atoms with Gasteiger partial charge in [-0.2, -0.15) is 0 Å². The first-order valence-electron chi connectivity index (χ1n) is 7.97. The number of nitrogens with zero attached hydrogens (tertiary/aromatic N) is 1. The van der Waals surface area contributed by atoms with Crippen LogP contribution in [-0.4, -0.2) is 44.7 Å². The normalized spacial score (nSPS) is 10.5. The molecule has 0 aliphatic rings. The van der Waals surface area contributed by atoms with Crippen LogP contribution < -0.4 is 14.8 Å². The smallest absolute Gasteiger partial charge is 0.238 e. The third-order valence-corrected chi connectivity index (χ3v) is 3.48. The van der Waals surface area contributed by atoms with Crippen LogP contribution >= 0.6 is 0 Å². The largest absolute Gasteiger partial charge is 0.497 e. The summed E-state index contributed by atoms with van der Waals surface area (Å²) in [5.41, 5.74) is 0.765. The molecule has 1 amide bonds. The van der Waals surface area contributed by atoms with E-state index in [1.165, 1.54) is 0 Å². The van der Waals surface area contributed by atoms with Crippen LogP contribution in [0.15, 0.2) is 54.6 Å². The fourth-order valence-electron chi connectivity index (χ4n) is 2.24. The van der Waals surface area contributed by atoms with Gasteiger partial charge in [-0.05, 0) is 49.9 Å². The summed E-state index contributed by atoms with van der Waals surface area (Å²) < 4.78 is 10.7. The average Bonchev–Trinajstić information content (AvgIpc) is 2.60. The molecule has 0 aliphatic heterocycles. The molecule has 2 aromatic rings. The van der Waals surface area contributed by atoms with Crippen LogP contribution in [0.2, 0.25) is 0 Å². The molecule has 0 bridgehead atoms. The Kier molecular flexibility index (Phi) is 7.11. The highest BCUT2D eigenvalue weighted by atomic mass is 16.5. The van der Waals surface area contributed by atoms with Gasteiger partial charge in [-0.15, -0.1) is 0 Å². The number of likely N-dealkylation sites (N-methyl/N-ethyl adjacent to an activating group) is 1. The van der Waals surface area contributed by atoms with Crippen molar-refractivity contribution in [3.8, 4) is 11.5 Å². The highest BCUT2D eigenvalue weighted by Crippen LogP contribution is 2.14. The topological polar surface area (TPSA) is 50.8 Å². The van der Waals surface area contributed by atoms with Crippen molar-refractivity contribution in [2.24, 2.45) is 0 Å². The first-order chi connectivity index (χ1) is 11.7. The van der Waals surface area contributed by atoms with Crippen LogP contribution in [0.3, 0.4) is 0 Å². The van der Waals surface area contributed by atoms with E-state index in [1.807, 2.05) is 66.5 Å². The highest BCUT2D eigenvalue weighted by Gasteiger charge is 2.07. The third-order valence-electron chi connectivity index (χ3n) is 3.48. The van der Waals surface area contributed by atoms with Crippen LogP contribution in [0.5, 0.6) is 11.5 Å². The number of carbonyl (C=O) groups excluding carboxylic acids is 1. The fourth-order valence-corrected chi connectivity index (χ4v) is 2.24. The van der Waals surface area contributed by atoms with Gasteiger partial charge in [0, 0.05) is 12.2 Å². The number of ether oxygens (including phenoxy) is 2. The Morgan fingerprint density at radius 2 is 1.75 bits per heavy atom. The Bertz CT molecular complexity index is 614. The maximum absolute atomic E-state index is 12.0. The van der Waals surface area contributed by atoms with Gasteiger partial charge in [0.25, 0.3) is 0 Å². The molecule has 2 rings (SSSR count). The van der Waals surface area contributed by atoms with Crippen molar-refractivity contribution in [2.75, 3.05) is 39.2 Å². The molecule has 2 aromatic carbocycles. The number of hydrogen-bond acceptors (Lipinski definition) is 4. The van der Waals surface area contributed by atoms with Gasteiger partial charge in [-0.25, -0.2) is 0 Å². The zero-order valence-electron chi connectivity index (χ0n) is 14.2. The number of methoxy groups -OCH3 is 1. The summed E-state index contributed by atoms with van der Waals surface area (Å²) >= 11 is 0. The zero-order chi connectivity index (χ0) is 17.2. The van der Waals surface area contributed by atoms with Gasteiger partial charge in [0.2, 0.25) is 5.91 Å². The maximum Gasteiger partial charge on any atom is 0.238 e. The molecule has 0 heterocycles. The summed E-state index contributed by atoms with van der Waals surface area (Å²) in [6.45, 7) is 1.77. The van der Waals surface area contributed by atoms with Gasteiger partial charge < -0.3 is 14.8 Å². The number of benzene rings is 2. The van der Waals surface area contributed by atoms with E-state index < -0.39 is 0 Å². The number of para-hydroxylation sites is 1. The van der Waals surface area contributed by atoms with Crippen molar-refractivity contribution in [2.45, 2.75) is 6.42 Å². The monoisotopic (exact) mass is 328 g/mol. The third kappa shape index (κ3) is 6.30. The van der Waals surface area contributed by atoms with Crippen molar-refractivity contribution in [1.29, 1.82) is 0 Å².